The van der Waals surface area contributed by atoms with Crippen LogP contribution >= 0.6 is 0 Å². The largest absolute Gasteiger partial charge is 0.507 e. The predicted octanol–water partition coefficient (Wildman–Crippen LogP) is 3.99. The molecule has 1 aliphatic heterocycles. The zero-order chi connectivity index (χ0) is 23.3. The van der Waals surface area contributed by atoms with Gasteiger partial charge in [-0.15, -0.1) is 0 Å². The van der Waals surface area contributed by atoms with E-state index in [1.165, 1.54) is 29.2 Å². The minimum atomic E-state index is -0.743. The molecule has 0 aromatic heterocycles. The first-order valence-electron chi connectivity index (χ1n) is 10.7. The van der Waals surface area contributed by atoms with Crippen LogP contribution in [0.15, 0.2) is 54.1 Å². The summed E-state index contributed by atoms with van der Waals surface area (Å²) in [5, 5.41) is 11.0. The summed E-state index contributed by atoms with van der Waals surface area (Å²) >= 11 is 0. The standard InChI is InChI=1S/C25H29FN2O4/c1-4-16-32-20-12-8-17(9-13-20)22-21(23(29)18-6-10-19(26)11-7-18)24(30)25(31)28(22)15-5-14-27(2)3/h6-13,22,29H,4-5,14-16H2,1-3H3/t22-/m1/s1. The van der Waals surface area contributed by atoms with E-state index in [-0.39, 0.29) is 16.9 Å². The molecule has 0 unspecified atom stereocenters. The van der Waals surface area contributed by atoms with Crippen molar-refractivity contribution in [1.82, 2.24) is 9.80 Å². The number of benzene rings is 2. The number of aliphatic hydroxyl groups is 1. The third-order valence-corrected chi connectivity index (χ3v) is 5.33. The number of amides is 1. The SMILES string of the molecule is CCCOc1ccc([C@@H]2C(=C(O)c3ccc(F)cc3)C(=O)C(=O)N2CCCN(C)C)cc1. The number of ketones is 1. The molecule has 170 valence electrons. The van der Waals surface area contributed by atoms with Crippen LogP contribution in [0.3, 0.4) is 0 Å². The highest BCUT2D eigenvalue weighted by molar-refractivity contribution is 6.46. The van der Waals surface area contributed by atoms with Crippen molar-refractivity contribution in [2.75, 3.05) is 33.8 Å². The van der Waals surface area contributed by atoms with Gasteiger partial charge in [-0.25, -0.2) is 4.39 Å². The van der Waals surface area contributed by atoms with Gasteiger partial charge in [0.2, 0.25) is 0 Å². The van der Waals surface area contributed by atoms with Gasteiger partial charge in [-0.05, 0) is 75.4 Å². The van der Waals surface area contributed by atoms with Crippen LogP contribution in [0, 0.1) is 5.82 Å². The molecule has 0 radical (unpaired) electrons. The lowest BCUT2D eigenvalue weighted by Gasteiger charge is -2.26. The van der Waals surface area contributed by atoms with E-state index in [9.17, 15) is 19.1 Å². The number of nitrogens with zero attached hydrogens (tertiary/aromatic N) is 2. The van der Waals surface area contributed by atoms with E-state index in [1.807, 2.05) is 25.9 Å². The molecule has 0 bridgehead atoms. The fourth-order valence-electron chi connectivity index (χ4n) is 3.74. The quantitative estimate of drug-likeness (QED) is 0.363. The van der Waals surface area contributed by atoms with Crippen molar-refractivity contribution in [2.24, 2.45) is 0 Å². The lowest BCUT2D eigenvalue weighted by atomic mass is 9.95. The average molecular weight is 441 g/mol. The summed E-state index contributed by atoms with van der Waals surface area (Å²) in [6.45, 7) is 3.72. The Morgan fingerprint density at radius 2 is 1.75 bits per heavy atom. The second-order valence-electron chi connectivity index (χ2n) is 8.07. The predicted molar refractivity (Wildman–Crippen MR) is 121 cm³/mol. The molecule has 1 aliphatic rings. The number of aliphatic hydroxyl groups excluding tert-OH is 1. The van der Waals surface area contributed by atoms with E-state index in [0.717, 1.165) is 13.0 Å². The summed E-state index contributed by atoms with van der Waals surface area (Å²) in [7, 11) is 3.88. The molecule has 1 heterocycles. The Morgan fingerprint density at radius 1 is 1.09 bits per heavy atom. The molecule has 0 saturated carbocycles. The van der Waals surface area contributed by atoms with E-state index in [2.05, 4.69) is 0 Å². The van der Waals surface area contributed by atoms with Crippen molar-refractivity contribution in [3.8, 4) is 5.75 Å². The second-order valence-corrected chi connectivity index (χ2v) is 8.07. The lowest BCUT2D eigenvalue weighted by Crippen LogP contribution is -2.32. The van der Waals surface area contributed by atoms with Gasteiger partial charge in [0.05, 0.1) is 18.2 Å². The maximum atomic E-state index is 13.4. The molecule has 1 saturated heterocycles. The van der Waals surface area contributed by atoms with Crippen LogP contribution in [0.2, 0.25) is 0 Å². The average Bonchev–Trinajstić information content (AvgIpc) is 3.03. The number of halogens is 1. The Labute approximate surface area is 187 Å². The number of carbonyl (C=O) groups excluding carboxylic acids is 2. The zero-order valence-electron chi connectivity index (χ0n) is 18.7. The number of carbonyl (C=O) groups is 2. The highest BCUT2D eigenvalue weighted by Gasteiger charge is 2.45. The molecule has 1 fully saturated rings. The number of rotatable bonds is 9. The summed E-state index contributed by atoms with van der Waals surface area (Å²) in [4.78, 5) is 29.4. The Morgan fingerprint density at radius 3 is 2.34 bits per heavy atom. The van der Waals surface area contributed by atoms with Crippen molar-refractivity contribution in [2.45, 2.75) is 25.8 Å². The molecule has 0 aliphatic carbocycles. The summed E-state index contributed by atoms with van der Waals surface area (Å²) < 4.78 is 19.0. The van der Waals surface area contributed by atoms with Gasteiger partial charge in [-0.2, -0.15) is 0 Å². The van der Waals surface area contributed by atoms with E-state index in [4.69, 9.17) is 4.74 Å². The first-order valence-corrected chi connectivity index (χ1v) is 10.7. The summed E-state index contributed by atoms with van der Waals surface area (Å²) in [5.41, 5.74) is 0.987. The lowest BCUT2D eigenvalue weighted by molar-refractivity contribution is -0.139. The maximum absolute atomic E-state index is 13.4. The third-order valence-electron chi connectivity index (χ3n) is 5.33. The van der Waals surface area contributed by atoms with Gasteiger partial charge in [0.1, 0.15) is 17.3 Å². The Kier molecular flexibility index (Phi) is 7.64. The Hall–Kier alpha value is -3.19. The van der Waals surface area contributed by atoms with Crippen LogP contribution in [0.4, 0.5) is 4.39 Å². The molecule has 1 N–H and O–H groups in total. The van der Waals surface area contributed by atoms with Crippen molar-refractivity contribution in [1.29, 1.82) is 0 Å². The monoisotopic (exact) mass is 440 g/mol. The van der Waals surface area contributed by atoms with Crippen LogP contribution in [-0.4, -0.2) is 60.4 Å². The van der Waals surface area contributed by atoms with Gasteiger partial charge in [-0.1, -0.05) is 19.1 Å². The minimum Gasteiger partial charge on any atom is -0.507 e. The van der Waals surface area contributed by atoms with E-state index >= 15 is 0 Å². The zero-order valence-corrected chi connectivity index (χ0v) is 18.7. The number of hydrogen-bond donors (Lipinski definition) is 1. The van der Waals surface area contributed by atoms with Crippen molar-refractivity contribution >= 4 is 17.4 Å². The number of likely N-dealkylation sites (tertiary alicyclic amines) is 1. The molecule has 3 rings (SSSR count). The number of ether oxygens (including phenoxy) is 1. The Bertz CT molecular complexity index is 984. The molecule has 7 heteroatoms. The molecule has 1 atom stereocenters. The molecule has 6 nitrogen and oxygen atoms in total. The fraction of sp³-hybridized carbons (Fsp3) is 0.360. The molecule has 1 amide bonds. The van der Waals surface area contributed by atoms with E-state index in [0.29, 0.717) is 30.9 Å². The summed E-state index contributed by atoms with van der Waals surface area (Å²) in [5.74, 6) is -1.46. The van der Waals surface area contributed by atoms with E-state index < -0.39 is 23.5 Å². The fourth-order valence-corrected chi connectivity index (χ4v) is 3.74. The molecule has 0 spiro atoms. The highest BCUT2D eigenvalue weighted by atomic mass is 19.1. The second kappa shape index (κ2) is 10.4. The molecule has 32 heavy (non-hydrogen) atoms. The van der Waals surface area contributed by atoms with Gasteiger partial charge >= 0.3 is 0 Å². The van der Waals surface area contributed by atoms with Gasteiger partial charge in [0.15, 0.2) is 0 Å². The van der Waals surface area contributed by atoms with Gasteiger partial charge in [0, 0.05) is 12.1 Å². The Balaban J connectivity index is 2.03. The van der Waals surface area contributed by atoms with Crippen molar-refractivity contribution < 1.29 is 23.8 Å². The molecular formula is C25H29FN2O4. The summed E-state index contributed by atoms with van der Waals surface area (Å²) in [6, 6.07) is 11.7. The normalized spacial score (nSPS) is 17.9. The van der Waals surface area contributed by atoms with Crippen molar-refractivity contribution in [3.05, 3.63) is 71.0 Å². The third kappa shape index (κ3) is 5.16. The minimum absolute atomic E-state index is 0.00804. The van der Waals surface area contributed by atoms with Gasteiger partial charge < -0.3 is 19.6 Å². The van der Waals surface area contributed by atoms with Crippen LogP contribution in [-0.2, 0) is 9.59 Å². The van der Waals surface area contributed by atoms with Crippen LogP contribution in [0.5, 0.6) is 5.75 Å². The molecule has 2 aromatic rings. The van der Waals surface area contributed by atoms with Gasteiger partial charge in [0.25, 0.3) is 11.7 Å². The molecular weight excluding hydrogens is 411 g/mol. The number of Topliss-reactive ketones (excluding diaryl/α,β-unsaturated/α-hetero) is 1. The van der Waals surface area contributed by atoms with Crippen molar-refractivity contribution in [3.63, 3.8) is 0 Å². The van der Waals surface area contributed by atoms with Crippen LogP contribution in [0.1, 0.15) is 36.9 Å². The topological polar surface area (TPSA) is 70.1 Å². The summed E-state index contributed by atoms with van der Waals surface area (Å²) in [6.07, 6.45) is 1.55. The maximum Gasteiger partial charge on any atom is 0.295 e. The van der Waals surface area contributed by atoms with E-state index in [1.54, 1.807) is 24.3 Å². The smallest absolute Gasteiger partial charge is 0.295 e. The highest BCUT2D eigenvalue weighted by Crippen LogP contribution is 2.39. The first kappa shape index (κ1) is 23.5. The van der Waals surface area contributed by atoms with Crippen LogP contribution in [0.25, 0.3) is 5.76 Å². The van der Waals surface area contributed by atoms with Gasteiger partial charge in [-0.3, -0.25) is 9.59 Å². The number of hydrogen-bond acceptors (Lipinski definition) is 5. The van der Waals surface area contributed by atoms with Crippen LogP contribution < -0.4 is 4.74 Å². The molecule has 2 aromatic carbocycles. The first-order chi connectivity index (χ1) is 15.3.